The van der Waals surface area contributed by atoms with E-state index in [0.29, 0.717) is 42.5 Å². The Labute approximate surface area is 201 Å². The molecule has 2 fully saturated rings. The number of amides is 2. The molecule has 2 N–H and O–H groups in total. The van der Waals surface area contributed by atoms with Crippen LogP contribution in [-0.4, -0.2) is 50.8 Å². The normalized spacial score (nSPS) is 24.5. The van der Waals surface area contributed by atoms with Gasteiger partial charge < -0.3 is 25.0 Å². The van der Waals surface area contributed by atoms with Crippen molar-refractivity contribution in [3.8, 4) is 11.5 Å². The summed E-state index contributed by atoms with van der Waals surface area (Å²) >= 11 is 0. The number of hydrogen-bond donors (Lipinski definition) is 2. The molecular formula is C25H29F4N3O3. The van der Waals surface area contributed by atoms with Gasteiger partial charge in [0.25, 0.3) is 0 Å². The summed E-state index contributed by atoms with van der Waals surface area (Å²) in [7, 11) is 5.24. The third-order valence-electron chi connectivity index (χ3n) is 7.36. The minimum Gasteiger partial charge on any atom is -0.493 e. The first-order valence-electron chi connectivity index (χ1n) is 11.4. The van der Waals surface area contributed by atoms with Crippen molar-refractivity contribution in [3.63, 3.8) is 0 Å². The van der Waals surface area contributed by atoms with Gasteiger partial charge in [-0.05, 0) is 75.2 Å². The van der Waals surface area contributed by atoms with Crippen LogP contribution < -0.4 is 20.1 Å². The number of nitrogens with zero attached hydrogens (tertiary/aromatic N) is 1. The molecule has 1 aliphatic heterocycles. The summed E-state index contributed by atoms with van der Waals surface area (Å²) in [4.78, 5) is 14.8. The van der Waals surface area contributed by atoms with Crippen LogP contribution in [0.5, 0.6) is 11.5 Å². The summed E-state index contributed by atoms with van der Waals surface area (Å²) in [5.41, 5.74) is -0.501. The molecule has 0 radical (unpaired) electrons. The third-order valence-corrected chi connectivity index (χ3v) is 7.36. The number of rotatable bonds is 5. The largest absolute Gasteiger partial charge is 0.493 e. The van der Waals surface area contributed by atoms with E-state index in [9.17, 15) is 22.4 Å². The number of carbonyl (C=O) groups excluding carboxylic acids is 1. The van der Waals surface area contributed by atoms with E-state index in [1.807, 2.05) is 19.2 Å². The molecule has 35 heavy (non-hydrogen) atoms. The molecular weight excluding hydrogens is 466 g/mol. The Kier molecular flexibility index (Phi) is 6.86. The number of nitrogens with one attached hydrogen (secondary N) is 2. The second-order valence-electron chi connectivity index (χ2n) is 9.23. The zero-order chi connectivity index (χ0) is 25.4. The lowest BCUT2D eigenvalue weighted by Gasteiger charge is -2.45. The number of fused-ring (bicyclic) bond motifs is 1. The average molecular weight is 496 g/mol. The van der Waals surface area contributed by atoms with E-state index in [1.165, 1.54) is 0 Å². The summed E-state index contributed by atoms with van der Waals surface area (Å²) < 4.78 is 63.8. The van der Waals surface area contributed by atoms with Crippen LogP contribution in [0, 0.1) is 5.82 Å². The van der Waals surface area contributed by atoms with Crippen molar-refractivity contribution in [2.45, 2.75) is 49.4 Å². The highest BCUT2D eigenvalue weighted by molar-refractivity contribution is 5.89. The smallest absolute Gasteiger partial charge is 0.416 e. The first kappa shape index (κ1) is 25.1. The van der Waals surface area contributed by atoms with Gasteiger partial charge in [-0.15, -0.1) is 0 Å². The lowest BCUT2D eigenvalue weighted by Crippen LogP contribution is -2.52. The molecule has 1 saturated carbocycles. The van der Waals surface area contributed by atoms with Gasteiger partial charge in [0.05, 0.1) is 25.5 Å². The molecule has 3 atom stereocenters. The molecule has 190 valence electrons. The number of benzene rings is 2. The molecule has 0 aromatic heterocycles. The van der Waals surface area contributed by atoms with Gasteiger partial charge in [-0.1, -0.05) is 6.07 Å². The van der Waals surface area contributed by atoms with Crippen LogP contribution in [0.15, 0.2) is 36.4 Å². The van der Waals surface area contributed by atoms with Crippen LogP contribution in [-0.2, 0) is 11.6 Å². The Morgan fingerprint density at radius 2 is 1.83 bits per heavy atom. The molecule has 2 aromatic carbocycles. The minimum absolute atomic E-state index is 0.115. The van der Waals surface area contributed by atoms with Crippen LogP contribution >= 0.6 is 0 Å². The number of hydrogen-bond acceptors (Lipinski definition) is 4. The Morgan fingerprint density at radius 1 is 1.09 bits per heavy atom. The number of anilines is 1. The van der Waals surface area contributed by atoms with E-state index in [-0.39, 0.29) is 17.5 Å². The molecule has 2 aliphatic rings. The maximum atomic E-state index is 14.0. The van der Waals surface area contributed by atoms with E-state index in [2.05, 4.69) is 21.6 Å². The van der Waals surface area contributed by atoms with Gasteiger partial charge in [-0.25, -0.2) is 9.18 Å². The van der Waals surface area contributed by atoms with Gasteiger partial charge in [0.15, 0.2) is 11.5 Å². The van der Waals surface area contributed by atoms with Crippen LogP contribution in [0.2, 0.25) is 0 Å². The van der Waals surface area contributed by atoms with Gasteiger partial charge in [-0.3, -0.25) is 0 Å². The molecule has 1 unspecified atom stereocenters. The SMILES string of the molecule is COc1ccc([C@@]23CCC(NC(=O)Nc4cc(C(F)(F)F)ccc4F)C[C@@H]2N(C)CC3)cc1OC. The van der Waals surface area contributed by atoms with E-state index < -0.39 is 29.3 Å². The molecule has 10 heteroatoms. The first-order chi connectivity index (χ1) is 16.6. The number of ether oxygens (including phenoxy) is 2. The highest BCUT2D eigenvalue weighted by Crippen LogP contribution is 2.49. The second kappa shape index (κ2) is 9.56. The molecule has 2 amide bonds. The van der Waals surface area contributed by atoms with Gasteiger partial charge in [0.2, 0.25) is 0 Å². The van der Waals surface area contributed by atoms with Crippen LogP contribution in [0.3, 0.4) is 0 Å². The Balaban J connectivity index is 1.48. The third kappa shape index (κ3) is 4.89. The number of methoxy groups -OCH3 is 2. The van der Waals surface area contributed by atoms with E-state index >= 15 is 0 Å². The molecule has 6 nitrogen and oxygen atoms in total. The fraction of sp³-hybridized carbons (Fsp3) is 0.480. The van der Waals surface area contributed by atoms with E-state index in [0.717, 1.165) is 24.9 Å². The van der Waals surface area contributed by atoms with Crippen molar-refractivity contribution in [3.05, 3.63) is 53.3 Å². The maximum Gasteiger partial charge on any atom is 0.416 e. The predicted octanol–water partition coefficient (Wildman–Crippen LogP) is 5.18. The average Bonchev–Trinajstić information content (AvgIpc) is 3.16. The van der Waals surface area contributed by atoms with E-state index in [4.69, 9.17) is 9.47 Å². The molecule has 0 bridgehead atoms. The zero-order valence-electron chi connectivity index (χ0n) is 19.8. The molecule has 1 saturated heterocycles. The van der Waals surface area contributed by atoms with Crippen molar-refractivity contribution in [1.29, 1.82) is 0 Å². The van der Waals surface area contributed by atoms with Crippen LogP contribution in [0.4, 0.5) is 28.0 Å². The monoisotopic (exact) mass is 495 g/mol. The van der Waals surface area contributed by atoms with Crippen molar-refractivity contribution >= 4 is 11.7 Å². The van der Waals surface area contributed by atoms with Gasteiger partial charge in [-0.2, -0.15) is 13.2 Å². The summed E-state index contributed by atoms with van der Waals surface area (Å²) in [6, 6.07) is 7.13. The Hall–Kier alpha value is -3.01. The van der Waals surface area contributed by atoms with E-state index in [1.54, 1.807) is 14.2 Å². The minimum atomic E-state index is -4.63. The number of halogens is 4. The number of likely N-dealkylation sites (N-methyl/N-ethyl adjacent to an activating group) is 1. The van der Waals surface area contributed by atoms with Crippen molar-refractivity contribution in [2.24, 2.45) is 0 Å². The predicted molar refractivity (Wildman–Crippen MR) is 123 cm³/mol. The first-order valence-corrected chi connectivity index (χ1v) is 11.4. The topological polar surface area (TPSA) is 62.8 Å². The summed E-state index contributed by atoms with van der Waals surface area (Å²) in [6.45, 7) is 0.896. The van der Waals surface area contributed by atoms with Gasteiger partial charge >= 0.3 is 12.2 Å². The fourth-order valence-corrected chi connectivity index (χ4v) is 5.54. The van der Waals surface area contributed by atoms with Crippen molar-refractivity contribution in [1.82, 2.24) is 10.2 Å². The van der Waals surface area contributed by atoms with Crippen molar-refractivity contribution in [2.75, 3.05) is 33.1 Å². The van der Waals surface area contributed by atoms with Crippen LogP contribution in [0.1, 0.15) is 36.8 Å². The lowest BCUT2D eigenvalue weighted by molar-refractivity contribution is -0.137. The second-order valence-corrected chi connectivity index (χ2v) is 9.23. The fourth-order valence-electron chi connectivity index (χ4n) is 5.54. The highest BCUT2D eigenvalue weighted by atomic mass is 19.4. The quantitative estimate of drug-likeness (QED) is 0.562. The molecule has 4 rings (SSSR count). The van der Waals surface area contributed by atoms with Gasteiger partial charge in [0, 0.05) is 17.5 Å². The van der Waals surface area contributed by atoms with Crippen molar-refractivity contribution < 1.29 is 31.8 Å². The Bertz CT molecular complexity index is 1090. The number of urea groups is 1. The highest BCUT2D eigenvalue weighted by Gasteiger charge is 2.50. The maximum absolute atomic E-state index is 14.0. The number of carbonyl (C=O) groups is 1. The lowest BCUT2D eigenvalue weighted by atomic mass is 9.65. The summed E-state index contributed by atoms with van der Waals surface area (Å²) in [5.74, 6) is 0.389. The Morgan fingerprint density at radius 3 is 2.51 bits per heavy atom. The molecule has 1 heterocycles. The number of likely N-dealkylation sites (tertiary alicyclic amines) is 1. The molecule has 0 spiro atoms. The number of alkyl halides is 3. The van der Waals surface area contributed by atoms with Crippen LogP contribution in [0.25, 0.3) is 0 Å². The summed E-state index contributed by atoms with van der Waals surface area (Å²) in [6.07, 6.45) is -1.54. The zero-order valence-corrected chi connectivity index (χ0v) is 19.8. The summed E-state index contributed by atoms with van der Waals surface area (Å²) in [5, 5.41) is 5.07. The standard InChI is InChI=1S/C25H29F4N3O3/c1-32-11-10-24(15-5-7-20(34-2)21(13-15)35-3)9-8-17(14-22(24)32)30-23(33)31-19-12-16(25(27,28)29)4-6-18(19)26/h4-7,12-13,17,22H,8-11,14H2,1-3H3,(H2,30,31,33)/t17?,22-,24-/m0/s1. The van der Waals surface area contributed by atoms with Gasteiger partial charge in [0.1, 0.15) is 5.82 Å². The molecule has 1 aliphatic carbocycles. The molecule has 2 aromatic rings.